The van der Waals surface area contributed by atoms with Gasteiger partial charge in [-0.05, 0) is 83.5 Å². The molecule has 0 amide bonds. The number of carbonyl (C=O) groups excluding carboxylic acids is 3. The van der Waals surface area contributed by atoms with Crippen LogP contribution in [0.2, 0.25) is 0 Å². The second-order valence-corrected chi connectivity index (χ2v) is 15.3. The largest absolute Gasteiger partial charge is 0.462 e. The number of allylic oxidation sites excluding steroid dienone is 18. The topological polar surface area (TPSA) is 78.9 Å². The van der Waals surface area contributed by atoms with E-state index in [2.05, 4.69) is 130 Å². The van der Waals surface area contributed by atoms with Crippen molar-refractivity contribution in [2.45, 2.75) is 200 Å². The van der Waals surface area contributed by atoms with Crippen LogP contribution in [0.3, 0.4) is 0 Å². The van der Waals surface area contributed by atoms with Gasteiger partial charge in [0.2, 0.25) is 0 Å². The van der Waals surface area contributed by atoms with Crippen molar-refractivity contribution in [3.05, 3.63) is 109 Å². The first-order chi connectivity index (χ1) is 29.5. The molecule has 0 aromatic carbocycles. The summed E-state index contributed by atoms with van der Waals surface area (Å²) in [5.74, 6) is -0.988. The van der Waals surface area contributed by atoms with Crippen LogP contribution in [0.15, 0.2) is 109 Å². The summed E-state index contributed by atoms with van der Waals surface area (Å²) in [6.07, 6.45) is 64.1. The van der Waals surface area contributed by atoms with Crippen molar-refractivity contribution in [2.24, 2.45) is 0 Å². The molecule has 0 aliphatic heterocycles. The molecule has 338 valence electrons. The highest BCUT2D eigenvalue weighted by Crippen LogP contribution is 2.12. The summed E-state index contributed by atoms with van der Waals surface area (Å²) in [6.45, 7) is 6.33. The fraction of sp³-hybridized carbons (Fsp3) is 0.611. The Hall–Kier alpha value is -3.93. The van der Waals surface area contributed by atoms with Gasteiger partial charge in [0.05, 0.1) is 0 Å². The van der Waals surface area contributed by atoms with E-state index >= 15 is 0 Å². The fourth-order valence-electron chi connectivity index (χ4n) is 5.97. The monoisotopic (exact) mass is 831 g/mol. The van der Waals surface area contributed by atoms with Crippen molar-refractivity contribution in [2.75, 3.05) is 13.2 Å². The van der Waals surface area contributed by atoms with E-state index in [-0.39, 0.29) is 37.5 Å². The molecule has 0 saturated heterocycles. The molecular formula is C54H86O6. The molecule has 0 saturated carbocycles. The average molecular weight is 831 g/mol. The zero-order chi connectivity index (χ0) is 43.7. The first kappa shape index (κ1) is 56.1. The average Bonchev–Trinajstić information content (AvgIpc) is 3.24. The van der Waals surface area contributed by atoms with Gasteiger partial charge in [0, 0.05) is 19.3 Å². The molecule has 60 heavy (non-hydrogen) atoms. The van der Waals surface area contributed by atoms with Crippen LogP contribution in [0.5, 0.6) is 0 Å². The summed E-state index contributed by atoms with van der Waals surface area (Å²) >= 11 is 0. The van der Waals surface area contributed by atoms with Crippen LogP contribution in [0, 0.1) is 0 Å². The van der Waals surface area contributed by atoms with Crippen molar-refractivity contribution >= 4 is 17.9 Å². The third-order valence-corrected chi connectivity index (χ3v) is 9.54. The normalized spacial score (nSPS) is 13.1. The Bertz CT molecular complexity index is 1280. The fourth-order valence-corrected chi connectivity index (χ4v) is 5.97. The van der Waals surface area contributed by atoms with Crippen LogP contribution < -0.4 is 0 Å². The smallest absolute Gasteiger partial charge is 0.306 e. The molecule has 0 aromatic rings. The van der Waals surface area contributed by atoms with Crippen LogP contribution in [0.1, 0.15) is 194 Å². The Labute approximate surface area is 368 Å². The number of esters is 3. The molecular weight excluding hydrogens is 745 g/mol. The Morgan fingerprint density at radius 2 is 0.650 bits per heavy atom. The predicted octanol–water partition coefficient (Wildman–Crippen LogP) is 15.6. The highest BCUT2D eigenvalue weighted by molar-refractivity contribution is 5.71. The lowest BCUT2D eigenvalue weighted by atomic mass is 10.1. The van der Waals surface area contributed by atoms with E-state index in [1.165, 1.54) is 44.9 Å². The van der Waals surface area contributed by atoms with Crippen LogP contribution in [0.4, 0.5) is 0 Å². The Balaban J connectivity index is 4.20. The molecule has 6 nitrogen and oxygen atoms in total. The van der Waals surface area contributed by atoms with Crippen molar-refractivity contribution in [1.29, 1.82) is 0 Å². The summed E-state index contributed by atoms with van der Waals surface area (Å²) in [5, 5.41) is 0. The minimum Gasteiger partial charge on any atom is -0.462 e. The maximum absolute atomic E-state index is 12.6. The maximum Gasteiger partial charge on any atom is 0.306 e. The minimum atomic E-state index is -0.794. The summed E-state index contributed by atoms with van der Waals surface area (Å²) in [4.78, 5) is 37.4. The molecule has 1 unspecified atom stereocenters. The number of rotatable bonds is 41. The minimum absolute atomic E-state index is 0.0970. The predicted molar refractivity (Wildman–Crippen MR) is 256 cm³/mol. The molecule has 0 radical (unpaired) electrons. The van der Waals surface area contributed by atoms with Crippen LogP contribution in [-0.4, -0.2) is 37.2 Å². The van der Waals surface area contributed by atoms with E-state index in [9.17, 15) is 14.4 Å². The third-order valence-electron chi connectivity index (χ3n) is 9.54. The van der Waals surface area contributed by atoms with Crippen molar-refractivity contribution < 1.29 is 28.6 Å². The van der Waals surface area contributed by atoms with E-state index in [1.807, 2.05) is 0 Å². The molecule has 0 spiro atoms. The van der Waals surface area contributed by atoms with E-state index < -0.39 is 6.10 Å². The highest BCUT2D eigenvalue weighted by atomic mass is 16.6. The van der Waals surface area contributed by atoms with Gasteiger partial charge in [0.15, 0.2) is 6.10 Å². The van der Waals surface area contributed by atoms with Crippen LogP contribution >= 0.6 is 0 Å². The van der Waals surface area contributed by atoms with E-state index in [4.69, 9.17) is 14.2 Å². The molecule has 0 bridgehead atoms. The second kappa shape index (κ2) is 47.7. The molecule has 0 aromatic heterocycles. The number of hydrogen-bond acceptors (Lipinski definition) is 6. The second-order valence-electron chi connectivity index (χ2n) is 15.3. The third kappa shape index (κ3) is 45.2. The van der Waals surface area contributed by atoms with E-state index in [0.717, 1.165) is 103 Å². The number of carbonyl (C=O) groups is 3. The van der Waals surface area contributed by atoms with Gasteiger partial charge in [-0.2, -0.15) is 0 Å². The zero-order valence-corrected chi connectivity index (χ0v) is 38.4. The van der Waals surface area contributed by atoms with E-state index in [0.29, 0.717) is 19.3 Å². The Morgan fingerprint density at radius 3 is 1.02 bits per heavy atom. The summed E-state index contributed by atoms with van der Waals surface area (Å²) in [5.41, 5.74) is 0. The van der Waals surface area contributed by atoms with Gasteiger partial charge in [0.25, 0.3) is 0 Å². The number of unbranched alkanes of at least 4 members (excludes halogenated alkanes) is 12. The van der Waals surface area contributed by atoms with E-state index in [1.54, 1.807) is 0 Å². The molecule has 0 fully saturated rings. The first-order valence-corrected chi connectivity index (χ1v) is 23.9. The number of ether oxygens (including phenoxy) is 3. The van der Waals surface area contributed by atoms with Gasteiger partial charge in [0.1, 0.15) is 13.2 Å². The zero-order valence-electron chi connectivity index (χ0n) is 38.4. The quantitative estimate of drug-likeness (QED) is 0.0264. The lowest BCUT2D eigenvalue weighted by Gasteiger charge is -2.18. The SMILES string of the molecule is CC/C=C\C/C=C\C/C=C\C/C=C\C/C=C\C/C=C\C/C=C\C/C=C\C/C=C\CCCC(=O)OCC(COC(=O)CCCCCCCC)OC(=O)CCCCCCCCC. The van der Waals surface area contributed by atoms with Gasteiger partial charge in [-0.25, -0.2) is 0 Å². The first-order valence-electron chi connectivity index (χ1n) is 23.9. The molecule has 0 heterocycles. The standard InChI is InChI=1S/C54H86O6/c1-4-7-10-13-16-17-18-19-20-21-22-23-24-25-26-27-28-29-30-31-32-33-34-35-36-37-39-41-44-47-53(56)59-50-51(49-58-52(55)46-43-40-15-12-9-6-3)60-54(57)48-45-42-38-14-11-8-5-2/h7,10,16-17,19-20,22-23,25-26,28-29,31-32,34-35,37,39,51H,4-6,8-9,11-15,18,21,24,27,30,33,36,38,40-50H2,1-3H3/b10-7-,17-16-,20-19-,23-22-,26-25-,29-28-,32-31-,35-34-,39-37-. The van der Waals surface area contributed by atoms with Gasteiger partial charge in [-0.1, -0.05) is 201 Å². The van der Waals surface area contributed by atoms with Crippen LogP contribution in [0.25, 0.3) is 0 Å². The van der Waals surface area contributed by atoms with Crippen LogP contribution in [-0.2, 0) is 28.6 Å². The lowest BCUT2D eigenvalue weighted by molar-refractivity contribution is -0.167. The summed E-state index contributed by atoms with van der Waals surface area (Å²) in [7, 11) is 0. The molecule has 0 aliphatic rings. The van der Waals surface area contributed by atoms with Gasteiger partial charge in [-0.3, -0.25) is 14.4 Å². The van der Waals surface area contributed by atoms with Crippen molar-refractivity contribution in [3.8, 4) is 0 Å². The number of hydrogen-bond donors (Lipinski definition) is 0. The summed E-state index contributed by atoms with van der Waals surface area (Å²) in [6, 6.07) is 0. The Kier molecular flexibility index (Phi) is 44.6. The summed E-state index contributed by atoms with van der Waals surface area (Å²) < 4.78 is 16.5. The Morgan fingerprint density at radius 1 is 0.350 bits per heavy atom. The van der Waals surface area contributed by atoms with Gasteiger partial charge >= 0.3 is 17.9 Å². The van der Waals surface area contributed by atoms with Crippen molar-refractivity contribution in [1.82, 2.24) is 0 Å². The molecule has 0 aliphatic carbocycles. The molecule has 0 N–H and O–H groups in total. The highest BCUT2D eigenvalue weighted by Gasteiger charge is 2.19. The molecule has 6 heteroatoms. The molecule has 0 rings (SSSR count). The maximum atomic E-state index is 12.6. The molecule has 1 atom stereocenters. The van der Waals surface area contributed by atoms with Gasteiger partial charge < -0.3 is 14.2 Å². The van der Waals surface area contributed by atoms with Gasteiger partial charge in [-0.15, -0.1) is 0 Å². The van der Waals surface area contributed by atoms with Crippen molar-refractivity contribution in [3.63, 3.8) is 0 Å². The lowest BCUT2D eigenvalue weighted by Crippen LogP contribution is -2.30.